The Labute approximate surface area is 161 Å². The fraction of sp³-hybridized carbons (Fsp3) is 0.429. The maximum Gasteiger partial charge on any atom is 0.237 e. The van der Waals surface area contributed by atoms with Crippen LogP contribution in [-0.4, -0.2) is 55.1 Å². The van der Waals surface area contributed by atoms with Gasteiger partial charge in [-0.3, -0.25) is 9.69 Å². The van der Waals surface area contributed by atoms with Gasteiger partial charge in [0.1, 0.15) is 11.6 Å². The third kappa shape index (κ3) is 4.57. The first-order valence-electron chi connectivity index (χ1n) is 9.43. The minimum absolute atomic E-state index is 0.0414. The molecule has 3 rings (SSSR count). The van der Waals surface area contributed by atoms with E-state index in [0.29, 0.717) is 0 Å². The van der Waals surface area contributed by atoms with E-state index in [1.165, 1.54) is 0 Å². The van der Waals surface area contributed by atoms with Gasteiger partial charge in [0.05, 0.1) is 19.2 Å². The Kier molecular flexibility index (Phi) is 6.29. The maximum atomic E-state index is 12.8. The summed E-state index contributed by atoms with van der Waals surface area (Å²) < 4.78 is 5.41. The normalized spacial score (nSPS) is 17.2. The standard InChI is InChI=1S/C21H28N4O2/c1-16(18-8-4-5-9-19(18)27-3)23-21(26)17(2)24-12-14-25(15-13-24)20-10-6-7-11-22-20/h4-11,16-17H,12-15H2,1-3H3,(H,23,26). The number of hydrogen-bond donors (Lipinski definition) is 1. The van der Waals surface area contributed by atoms with Gasteiger partial charge in [-0.05, 0) is 32.0 Å². The molecule has 2 atom stereocenters. The minimum atomic E-state index is -0.173. The number of aromatic nitrogens is 1. The van der Waals surface area contributed by atoms with Crippen LogP contribution in [0.15, 0.2) is 48.7 Å². The lowest BCUT2D eigenvalue weighted by molar-refractivity contribution is -0.126. The van der Waals surface area contributed by atoms with Crippen LogP contribution in [0.25, 0.3) is 0 Å². The molecule has 0 aliphatic carbocycles. The maximum absolute atomic E-state index is 12.8. The van der Waals surface area contributed by atoms with Crippen molar-refractivity contribution in [1.29, 1.82) is 0 Å². The molecule has 0 spiro atoms. The molecule has 0 saturated carbocycles. The molecule has 1 aliphatic rings. The zero-order valence-corrected chi connectivity index (χ0v) is 16.3. The molecule has 1 aromatic carbocycles. The molecule has 144 valence electrons. The molecule has 0 bridgehead atoms. The smallest absolute Gasteiger partial charge is 0.237 e. The van der Waals surface area contributed by atoms with E-state index in [9.17, 15) is 4.79 Å². The van der Waals surface area contributed by atoms with Gasteiger partial charge in [0.15, 0.2) is 0 Å². The predicted molar refractivity (Wildman–Crippen MR) is 107 cm³/mol. The Morgan fingerprint density at radius 2 is 1.78 bits per heavy atom. The fourth-order valence-electron chi connectivity index (χ4n) is 3.48. The Morgan fingerprint density at radius 3 is 2.44 bits per heavy atom. The molecule has 1 saturated heterocycles. The summed E-state index contributed by atoms with van der Waals surface area (Å²) in [7, 11) is 1.65. The van der Waals surface area contributed by atoms with Crippen LogP contribution in [0.5, 0.6) is 5.75 Å². The molecular formula is C21H28N4O2. The molecule has 6 nitrogen and oxygen atoms in total. The molecule has 1 aromatic heterocycles. The number of nitrogens with zero attached hydrogens (tertiary/aromatic N) is 3. The zero-order chi connectivity index (χ0) is 19.2. The molecule has 1 aliphatic heterocycles. The molecule has 2 heterocycles. The first-order valence-corrected chi connectivity index (χ1v) is 9.43. The molecule has 1 fully saturated rings. The number of ether oxygens (including phenoxy) is 1. The van der Waals surface area contributed by atoms with Crippen LogP contribution in [0.4, 0.5) is 5.82 Å². The number of piperazine rings is 1. The Bertz CT molecular complexity index is 745. The van der Waals surface area contributed by atoms with Gasteiger partial charge in [0.2, 0.25) is 5.91 Å². The average Bonchev–Trinajstić information content (AvgIpc) is 2.73. The van der Waals surface area contributed by atoms with Gasteiger partial charge >= 0.3 is 0 Å². The van der Waals surface area contributed by atoms with Crippen molar-refractivity contribution >= 4 is 11.7 Å². The summed E-state index contributed by atoms with van der Waals surface area (Å²) in [5.41, 5.74) is 0.987. The summed E-state index contributed by atoms with van der Waals surface area (Å²) in [6.45, 7) is 7.39. The average molecular weight is 368 g/mol. The van der Waals surface area contributed by atoms with E-state index in [2.05, 4.69) is 20.1 Å². The Hall–Kier alpha value is -2.60. The van der Waals surface area contributed by atoms with E-state index in [1.807, 2.05) is 62.5 Å². The number of methoxy groups -OCH3 is 1. The lowest BCUT2D eigenvalue weighted by Gasteiger charge is -2.38. The second kappa shape index (κ2) is 8.86. The van der Waals surface area contributed by atoms with E-state index >= 15 is 0 Å². The number of carbonyl (C=O) groups is 1. The topological polar surface area (TPSA) is 57.7 Å². The number of pyridine rings is 1. The molecule has 1 N–H and O–H groups in total. The number of rotatable bonds is 6. The van der Waals surface area contributed by atoms with Crippen LogP contribution in [-0.2, 0) is 4.79 Å². The summed E-state index contributed by atoms with van der Waals surface area (Å²) in [6.07, 6.45) is 1.82. The third-order valence-electron chi connectivity index (χ3n) is 5.18. The van der Waals surface area contributed by atoms with Gasteiger partial charge in [-0.2, -0.15) is 0 Å². The SMILES string of the molecule is COc1ccccc1C(C)NC(=O)C(C)N1CCN(c2ccccn2)CC1. The number of carbonyl (C=O) groups excluding carboxylic acids is 1. The number of hydrogen-bond acceptors (Lipinski definition) is 5. The van der Waals surface area contributed by atoms with Crippen molar-refractivity contribution in [2.24, 2.45) is 0 Å². The molecule has 1 amide bonds. The van der Waals surface area contributed by atoms with Crippen LogP contribution in [0.3, 0.4) is 0 Å². The van der Waals surface area contributed by atoms with Gasteiger partial charge < -0.3 is 15.0 Å². The second-order valence-corrected chi connectivity index (χ2v) is 6.86. The van der Waals surface area contributed by atoms with Crippen molar-refractivity contribution in [3.05, 3.63) is 54.2 Å². The van der Waals surface area contributed by atoms with Crippen molar-refractivity contribution in [1.82, 2.24) is 15.2 Å². The highest BCUT2D eigenvalue weighted by Crippen LogP contribution is 2.24. The van der Waals surface area contributed by atoms with Crippen molar-refractivity contribution < 1.29 is 9.53 Å². The van der Waals surface area contributed by atoms with Crippen molar-refractivity contribution in [2.45, 2.75) is 25.9 Å². The molecular weight excluding hydrogens is 340 g/mol. The van der Waals surface area contributed by atoms with Crippen LogP contribution in [0.2, 0.25) is 0 Å². The number of anilines is 1. The van der Waals surface area contributed by atoms with Crippen LogP contribution in [0, 0.1) is 0 Å². The van der Waals surface area contributed by atoms with E-state index in [0.717, 1.165) is 43.3 Å². The number of para-hydroxylation sites is 1. The van der Waals surface area contributed by atoms with Crippen LogP contribution in [0.1, 0.15) is 25.5 Å². The van der Waals surface area contributed by atoms with Gasteiger partial charge in [-0.15, -0.1) is 0 Å². The number of amides is 1. The molecule has 2 aromatic rings. The number of benzene rings is 1. The summed E-state index contributed by atoms with van der Waals surface area (Å²) in [4.78, 5) is 21.7. The first kappa shape index (κ1) is 19.2. The summed E-state index contributed by atoms with van der Waals surface area (Å²) in [5.74, 6) is 1.83. The van der Waals surface area contributed by atoms with Crippen molar-refractivity contribution in [3.8, 4) is 5.75 Å². The second-order valence-electron chi connectivity index (χ2n) is 6.86. The van der Waals surface area contributed by atoms with Gasteiger partial charge in [0, 0.05) is 37.9 Å². The number of nitrogens with one attached hydrogen (secondary N) is 1. The highest BCUT2D eigenvalue weighted by molar-refractivity contribution is 5.81. The van der Waals surface area contributed by atoms with Crippen LogP contribution >= 0.6 is 0 Å². The summed E-state index contributed by atoms with van der Waals surface area (Å²) >= 11 is 0. The lowest BCUT2D eigenvalue weighted by Crippen LogP contribution is -2.54. The van der Waals surface area contributed by atoms with E-state index in [1.54, 1.807) is 7.11 Å². The molecule has 27 heavy (non-hydrogen) atoms. The summed E-state index contributed by atoms with van der Waals surface area (Å²) in [5, 5.41) is 3.12. The van der Waals surface area contributed by atoms with E-state index in [-0.39, 0.29) is 18.0 Å². The Morgan fingerprint density at radius 1 is 1.07 bits per heavy atom. The molecule has 6 heteroatoms. The largest absolute Gasteiger partial charge is 0.496 e. The summed E-state index contributed by atoms with van der Waals surface area (Å²) in [6, 6.07) is 13.5. The molecule has 0 radical (unpaired) electrons. The highest BCUT2D eigenvalue weighted by atomic mass is 16.5. The predicted octanol–water partition coefficient (Wildman–Crippen LogP) is 2.48. The Balaban J connectivity index is 1.55. The van der Waals surface area contributed by atoms with Gasteiger partial charge in [0.25, 0.3) is 0 Å². The zero-order valence-electron chi connectivity index (χ0n) is 16.3. The van der Waals surface area contributed by atoms with E-state index in [4.69, 9.17) is 4.74 Å². The fourth-order valence-corrected chi connectivity index (χ4v) is 3.48. The highest BCUT2D eigenvalue weighted by Gasteiger charge is 2.27. The van der Waals surface area contributed by atoms with Gasteiger partial charge in [-0.1, -0.05) is 24.3 Å². The minimum Gasteiger partial charge on any atom is -0.496 e. The first-order chi connectivity index (χ1) is 13.1. The van der Waals surface area contributed by atoms with Crippen molar-refractivity contribution in [2.75, 3.05) is 38.2 Å². The quantitative estimate of drug-likeness (QED) is 0.849. The van der Waals surface area contributed by atoms with E-state index < -0.39 is 0 Å². The monoisotopic (exact) mass is 368 g/mol. The van der Waals surface area contributed by atoms with Crippen molar-refractivity contribution in [3.63, 3.8) is 0 Å². The third-order valence-corrected chi connectivity index (χ3v) is 5.18. The van der Waals surface area contributed by atoms with Crippen LogP contribution < -0.4 is 15.0 Å². The lowest BCUT2D eigenvalue weighted by atomic mass is 10.1. The van der Waals surface area contributed by atoms with Gasteiger partial charge in [-0.25, -0.2) is 4.98 Å². The molecule has 2 unspecified atom stereocenters.